The van der Waals surface area contributed by atoms with Gasteiger partial charge in [-0.25, -0.2) is 4.98 Å². The van der Waals surface area contributed by atoms with Crippen LogP contribution in [0.2, 0.25) is 0 Å². The summed E-state index contributed by atoms with van der Waals surface area (Å²) in [7, 11) is 0. The van der Waals surface area contributed by atoms with Gasteiger partial charge in [0.2, 0.25) is 0 Å². The fraction of sp³-hybridized carbons (Fsp3) is 0.370. The number of hydrogen-bond acceptors (Lipinski definition) is 7. The summed E-state index contributed by atoms with van der Waals surface area (Å²) in [5, 5.41) is 6.47. The number of aryl methyl sites for hydroxylation is 1. The van der Waals surface area contributed by atoms with Crippen LogP contribution in [0.25, 0.3) is 5.69 Å². The molecule has 296 valence electrons. The van der Waals surface area contributed by atoms with Gasteiger partial charge in [0, 0.05) is 40.7 Å². The Hall–Kier alpha value is -5.12. The number of nitrogens with two attached hydrogens (primary N) is 1. The number of carbonyl (C=O) groups is 1. The maximum atomic E-state index is 13.7. The Morgan fingerprint density at radius 3 is 2.11 bits per heavy atom. The molecule has 0 spiro atoms. The number of para-hydroxylation sites is 2. The molecule has 0 radical (unpaired) electrons. The minimum absolute atomic E-state index is 0.122. The number of halogens is 1. The van der Waals surface area contributed by atoms with E-state index < -0.39 is 5.54 Å². The van der Waals surface area contributed by atoms with E-state index >= 15 is 0 Å². The average Bonchev–Trinajstić information content (AvgIpc) is 4.07. The first kappa shape index (κ1) is 42.0. The summed E-state index contributed by atoms with van der Waals surface area (Å²) in [5.74, 6) is 2.12. The Morgan fingerprint density at radius 1 is 0.857 bits per heavy atom. The molecule has 1 aliphatic rings. The van der Waals surface area contributed by atoms with Crippen LogP contribution in [0, 0.1) is 6.92 Å². The molecule has 6 rings (SSSR count). The molecule has 10 heteroatoms. The van der Waals surface area contributed by atoms with Crippen LogP contribution in [0.4, 0.5) is 5.82 Å². The van der Waals surface area contributed by atoms with Crippen LogP contribution < -0.4 is 31.4 Å². The van der Waals surface area contributed by atoms with E-state index in [2.05, 4.69) is 61.5 Å². The van der Waals surface area contributed by atoms with E-state index in [1.165, 1.54) is 0 Å². The molecule has 4 N–H and O–H groups in total. The minimum atomic E-state index is -0.574. The Balaban J connectivity index is 0.000000253. The van der Waals surface area contributed by atoms with Crippen molar-refractivity contribution in [2.75, 3.05) is 17.8 Å². The van der Waals surface area contributed by atoms with Crippen molar-refractivity contribution in [2.45, 2.75) is 96.9 Å². The minimum Gasteiger partial charge on any atom is -0.492 e. The van der Waals surface area contributed by atoms with Crippen LogP contribution in [-0.2, 0) is 17.7 Å². The fourth-order valence-electron chi connectivity index (χ4n) is 6.80. The molecule has 1 fully saturated rings. The lowest BCUT2D eigenvalue weighted by Gasteiger charge is -2.35. The smallest absolute Gasteiger partial charge is 0.297 e. The number of nitrogens with zero attached hydrogens (tertiary/aromatic N) is 2. The number of anilines is 1. The van der Waals surface area contributed by atoms with Crippen molar-refractivity contribution >= 4 is 23.3 Å². The summed E-state index contributed by atoms with van der Waals surface area (Å²) >= 11 is 5.86. The van der Waals surface area contributed by atoms with E-state index in [0.29, 0.717) is 43.2 Å². The van der Waals surface area contributed by atoms with Crippen LogP contribution in [0.5, 0.6) is 11.5 Å². The highest BCUT2D eigenvalue weighted by atomic mass is 35.5. The fourth-order valence-corrected chi connectivity index (χ4v) is 6.88. The number of benzene rings is 4. The number of alkyl halides is 1. The molecule has 1 saturated carbocycles. The topological polar surface area (TPSA) is 121 Å². The number of ether oxygens (including phenoxy) is 2. The second-order valence-electron chi connectivity index (χ2n) is 14.3. The Bertz CT molecular complexity index is 2090. The lowest BCUT2D eigenvalue weighted by Crippen LogP contribution is -2.38. The molecule has 4 aromatic carbocycles. The van der Waals surface area contributed by atoms with Crippen molar-refractivity contribution in [3.63, 3.8) is 0 Å². The van der Waals surface area contributed by atoms with Gasteiger partial charge in [0.15, 0.2) is 5.82 Å². The molecular formula is C46H56ClN5O4. The van der Waals surface area contributed by atoms with Gasteiger partial charge in [0.25, 0.3) is 11.5 Å². The molecule has 1 aromatic heterocycles. The zero-order valence-corrected chi connectivity index (χ0v) is 34.1. The first-order valence-corrected chi connectivity index (χ1v) is 20.3. The number of amides is 1. The van der Waals surface area contributed by atoms with E-state index in [9.17, 15) is 9.59 Å². The molecule has 0 saturated heterocycles. The summed E-state index contributed by atoms with van der Waals surface area (Å²) in [4.78, 5) is 30.7. The third-order valence-corrected chi connectivity index (χ3v) is 10.9. The molecule has 0 atom stereocenters. The van der Waals surface area contributed by atoms with E-state index in [0.717, 1.165) is 59.4 Å². The van der Waals surface area contributed by atoms with Gasteiger partial charge >= 0.3 is 0 Å². The van der Waals surface area contributed by atoms with E-state index in [-0.39, 0.29) is 28.9 Å². The quantitative estimate of drug-likeness (QED) is 0.0805. The molecule has 1 heterocycles. The van der Waals surface area contributed by atoms with Gasteiger partial charge in [-0.3, -0.25) is 14.2 Å². The largest absolute Gasteiger partial charge is 0.492 e. The lowest BCUT2D eigenvalue weighted by atomic mass is 9.84. The maximum absolute atomic E-state index is 13.7. The summed E-state index contributed by atoms with van der Waals surface area (Å²) in [6, 6.07) is 31.8. The number of carbonyl (C=O) groups excluding carboxylic acids is 1. The van der Waals surface area contributed by atoms with Crippen molar-refractivity contribution in [3.8, 4) is 17.2 Å². The monoisotopic (exact) mass is 777 g/mol. The van der Waals surface area contributed by atoms with Gasteiger partial charge in [-0.05, 0) is 80.8 Å². The van der Waals surface area contributed by atoms with E-state index in [4.69, 9.17) is 26.8 Å². The maximum Gasteiger partial charge on any atom is 0.297 e. The standard InChI is InChI=1S/C28H33ClN4O3.C18H23NO/c1-4-28(5-2,22-8-6-7-9-24(22)36-17-14-29)32-25-27(35)33(16-15-30-25)23-18-20(11-10-19(23)3)26(34)31-21-12-13-21;1-3-18(19,4-2)16-12-8-9-13-17(16)20-14-15-10-6-5-7-11-15/h6-11,15-16,18,21H,4-5,12-14,17H2,1-3H3,(H,30,32)(H,31,34);5-13H,3-4,14,19H2,1-2H3. The second-order valence-corrected chi connectivity index (χ2v) is 14.7. The van der Waals surface area contributed by atoms with E-state index in [1.54, 1.807) is 29.1 Å². The van der Waals surface area contributed by atoms with Gasteiger partial charge in [0.1, 0.15) is 24.7 Å². The highest BCUT2D eigenvalue weighted by Gasteiger charge is 2.33. The summed E-state index contributed by atoms with van der Waals surface area (Å²) in [5.41, 5.74) is 10.6. The van der Waals surface area contributed by atoms with Gasteiger partial charge in [0.05, 0.1) is 17.1 Å². The zero-order chi connectivity index (χ0) is 40.1. The molecule has 1 aliphatic carbocycles. The molecule has 1 amide bonds. The molecule has 0 bridgehead atoms. The number of rotatable bonds is 17. The summed E-state index contributed by atoms with van der Waals surface area (Å²) in [6.45, 7) is 11.3. The Morgan fingerprint density at radius 2 is 1.48 bits per heavy atom. The number of hydrogen-bond donors (Lipinski definition) is 3. The van der Waals surface area contributed by atoms with Crippen LogP contribution in [-0.4, -0.2) is 34.0 Å². The highest BCUT2D eigenvalue weighted by molar-refractivity contribution is 6.18. The number of aromatic nitrogens is 2. The number of nitrogens with one attached hydrogen (secondary N) is 2. The third kappa shape index (κ3) is 10.2. The first-order valence-electron chi connectivity index (χ1n) is 19.7. The van der Waals surface area contributed by atoms with Crippen molar-refractivity contribution in [2.24, 2.45) is 5.73 Å². The molecule has 0 aliphatic heterocycles. The Labute approximate surface area is 336 Å². The van der Waals surface area contributed by atoms with Crippen molar-refractivity contribution in [1.82, 2.24) is 14.9 Å². The first-order chi connectivity index (χ1) is 27.1. The predicted molar refractivity (Wildman–Crippen MR) is 227 cm³/mol. The van der Waals surface area contributed by atoms with Crippen molar-refractivity contribution in [3.05, 3.63) is 148 Å². The Kier molecular flexibility index (Phi) is 14.7. The van der Waals surface area contributed by atoms with Gasteiger partial charge < -0.3 is 25.8 Å². The molecular weight excluding hydrogens is 722 g/mol. The lowest BCUT2D eigenvalue weighted by molar-refractivity contribution is 0.0951. The van der Waals surface area contributed by atoms with Gasteiger partial charge in [-0.1, -0.05) is 100 Å². The average molecular weight is 778 g/mol. The molecule has 56 heavy (non-hydrogen) atoms. The van der Waals surface area contributed by atoms with Gasteiger partial charge in [-0.2, -0.15) is 0 Å². The van der Waals surface area contributed by atoms with Crippen LogP contribution >= 0.6 is 11.6 Å². The van der Waals surface area contributed by atoms with Gasteiger partial charge in [-0.15, -0.1) is 11.6 Å². The predicted octanol–water partition coefficient (Wildman–Crippen LogP) is 9.42. The zero-order valence-electron chi connectivity index (χ0n) is 33.3. The van der Waals surface area contributed by atoms with Crippen molar-refractivity contribution in [1.29, 1.82) is 0 Å². The molecule has 9 nitrogen and oxygen atoms in total. The highest BCUT2D eigenvalue weighted by Crippen LogP contribution is 2.38. The van der Waals surface area contributed by atoms with Crippen molar-refractivity contribution < 1.29 is 14.3 Å². The van der Waals surface area contributed by atoms with E-state index in [1.807, 2.05) is 73.7 Å². The third-order valence-electron chi connectivity index (χ3n) is 10.7. The molecule has 5 aromatic rings. The summed E-state index contributed by atoms with van der Waals surface area (Å²) < 4.78 is 13.5. The van der Waals surface area contributed by atoms with Crippen LogP contribution in [0.15, 0.2) is 114 Å². The normalized spacial score (nSPS) is 12.6. The van der Waals surface area contributed by atoms with Crippen LogP contribution in [0.1, 0.15) is 98.8 Å². The second kappa shape index (κ2) is 19.6. The molecule has 0 unspecified atom stereocenters. The SMILES string of the molecule is CCC(CC)(Nc1nccn(-c2cc(C(=O)NC3CC3)ccc2C)c1=O)c1ccccc1OCCCl.CCC(N)(CC)c1ccccc1OCc1ccccc1. The summed E-state index contributed by atoms with van der Waals surface area (Å²) in [6.07, 6.45) is 8.47. The van der Waals surface area contributed by atoms with Crippen LogP contribution in [0.3, 0.4) is 0 Å².